The number of benzene rings is 1. The standard InChI is InChI=1S/C20H28Cl2O4/c1-4-17-13-18(25-11-8-19(21)22)12-15(2)20(17)26-10-7-5-6-9-24-14-16(3)23/h8,12-13H,4-7,9-11,14H2,1-3H3. The molecule has 0 saturated heterocycles. The van der Waals surface area contributed by atoms with E-state index in [1.165, 1.54) is 6.92 Å². The summed E-state index contributed by atoms with van der Waals surface area (Å²) >= 11 is 11.2. The summed E-state index contributed by atoms with van der Waals surface area (Å²) in [6.45, 7) is 7.45. The number of ketones is 1. The predicted octanol–water partition coefficient (Wildman–Crippen LogP) is 5.41. The van der Waals surface area contributed by atoms with Crippen molar-refractivity contribution in [2.24, 2.45) is 0 Å². The van der Waals surface area contributed by atoms with E-state index < -0.39 is 0 Å². The number of rotatable bonds is 13. The summed E-state index contributed by atoms with van der Waals surface area (Å²) in [4.78, 5) is 10.8. The van der Waals surface area contributed by atoms with Gasteiger partial charge in [-0.1, -0.05) is 30.1 Å². The lowest BCUT2D eigenvalue weighted by Crippen LogP contribution is -2.06. The molecule has 146 valence electrons. The van der Waals surface area contributed by atoms with Crippen LogP contribution in [0.15, 0.2) is 22.7 Å². The van der Waals surface area contributed by atoms with Gasteiger partial charge in [-0.3, -0.25) is 4.79 Å². The van der Waals surface area contributed by atoms with Gasteiger partial charge in [0.25, 0.3) is 0 Å². The Labute approximate surface area is 166 Å². The summed E-state index contributed by atoms with van der Waals surface area (Å²) < 4.78 is 17.1. The lowest BCUT2D eigenvalue weighted by atomic mass is 10.1. The van der Waals surface area contributed by atoms with Crippen LogP contribution in [-0.4, -0.2) is 32.2 Å². The van der Waals surface area contributed by atoms with Gasteiger partial charge >= 0.3 is 0 Å². The molecule has 1 aromatic rings. The largest absolute Gasteiger partial charge is 0.493 e. The van der Waals surface area contributed by atoms with Crippen molar-refractivity contribution in [3.63, 3.8) is 0 Å². The molecule has 0 atom stereocenters. The lowest BCUT2D eigenvalue weighted by molar-refractivity contribution is -0.121. The first-order valence-electron chi connectivity index (χ1n) is 8.91. The smallest absolute Gasteiger partial charge is 0.155 e. The van der Waals surface area contributed by atoms with Gasteiger partial charge in [0.05, 0.1) is 6.61 Å². The average Bonchev–Trinajstić information content (AvgIpc) is 2.57. The van der Waals surface area contributed by atoms with Crippen molar-refractivity contribution in [2.45, 2.75) is 46.5 Å². The summed E-state index contributed by atoms with van der Waals surface area (Å²) in [6, 6.07) is 3.95. The molecule has 26 heavy (non-hydrogen) atoms. The Kier molecular flexibility index (Phi) is 11.4. The molecule has 0 aliphatic heterocycles. The lowest BCUT2D eigenvalue weighted by Gasteiger charge is -2.15. The van der Waals surface area contributed by atoms with Gasteiger partial charge in [-0.15, -0.1) is 0 Å². The van der Waals surface area contributed by atoms with Crippen LogP contribution in [0.4, 0.5) is 0 Å². The number of unbranched alkanes of at least 4 members (excludes halogenated alkanes) is 2. The van der Waals surface area contributed by atoms with E-state index >= 15 is 0 Å². The second-order valence-electron chi connectivity index (χ2n) is 6.05. The molecular formula is C20H28Cl2O4. The van der Waals surface area contributed by atoms with E-state index in [0.717, 1.165) is 48.3 Å². The van der Waals surface area contributed by atoms with E-state index in [1.54, 1.807) is 6.08 Å². The van der Waals surface area contributed by atoms with E-state index in [4.69, 9.17) is 37.4 Å². The van der Waals surface area contributed by atoms with Gasteiger partial charge in [-0.2, -0.15) is 0 Å². The first-order chi connectivity index (χ1) is 12.4. The van der Waals surface area contributed by atoms with Crippen LogP contribution >= 0.6 is 23.2 Å². The fourth-order valence-corrected chi connectivity index (χ4v) is 2.56. The quantitative estimate of drug-likeness (QED) is 0.413. The maximum Gasteiger partial charge on any atom is 0.155 e. The zero-order valence-corrected chi connectivity index (χ0v) is 17.3. The molecular weight excluding hydrogens is 375 g/mol. The second kappa shape index (κ2) is 13.0. The number of halogens is 2. The number of carbonyl (C=O) groups excluding carboxylic acids is 1. The molecule has 0 spiro atoms. The van der Waals surface area contributed by atoms with E-state index in [1.807, 2.05) is 19.1 Å². The summed E-state index contributed by atoms with van der Waals surface area (Å²) in [5.74, 6) is 1.77. The van der Waals surface area contributed by atoms with Gasteiger partial charge < -0.3 is 14.2 Å². The maximum atomic E-state index is 10.8. The topological polar surface area (TPSA) is 44.8 Å². The van der Waals surface area contributed by atoms with Crippen LogP contribution in [0.2, 0.25) is 0 Å². The number of hydrogen-bond acceptors (Lipinski definition) is 4. The van der Waals surface area contributed by atoms with Crippen LogP contribution < -0.4 is 9.47 Å². The molecule has 4 nitrogen and oxygen atoms in total. The molecule has 6 heteroatoms. The van der Waals surface area contributed by atoms with Gasteiger partial charge in [0.15, 0.2) is 5.78 Å². The highest BCUT2D eigenvalue weighted by Gasteiger charge is 2.09. The van der Waals surface area contributed by atoms with Crippen LogP contribution in [0.25, 0.3) is 0 Å². The number of aryl methyl sites for hydroxylation is 2. The highest BCUT2D eigenvalue weighted by molar-refractivity contribution is 6.55. The predicted molar refractivity (Wildman–Crippen MR) is 107 cm³/mol. The van der Waals surface area contributed by atoms with Crippen LogP contribution in [0.5, 0.6) is 11.5 Å². The Bertz CT molecular complexity index is 596. The number of ether oxygens (including phenoxy) is 3. The van der Waals surface area contributed by atoms with E-state index in [0.29, 0.717) is 19.8 Å². The zero-order valence-electron chi connectivity index (χ0n) is 15.8. The molecule has 0 N–H and O–H groups in total. The van der Waals surface area contributed by atoms with E-state index in [2.05, 4.69) is 6.92 Å². The summed E-state index contributed by atoms with van der Waals surface area (Å²) in [5, 5.41) is 0. The van der Waals surface area contributed by atoms with Crippen molar-refractivity contribution < 1.29 is 19.0 Å². The van der Waals surface area contributed by atoms with Crippen molar-refractivity contribution in [3.05, 3.63) is 33.8 Å². The fourth-order valence-electron chi connectivity index (χ4n) is 2.44. The Balaban J connectivity index is 2.43. The third-order valence-corrected chi connectivity index (χ3v) is 3.99. The van der Waals surface area contributed by atoms with Gasteiger partial charge in [-0.25, -0.2) is 0 Å². The molecule has 0 bridgehead atoms. The Morgan fingerprint density at radius 1 is 1.12 bits per heavy atom. The highest BCUT2D eigenvalue weighted by atomic mass is 35.5. The summed E-state index contributed by atoms with van der Waals surface area (Å²) in [6.07, 6.45) is 5.35. The second-order valence-corrected chi connectivity index (χ2v) is 7.06. The van der Waals surface area contributed by atoms with Crippen molar-refractivity contribution in [1.29, 1.82) is 0 Å². The van der Waals surface area contributed by atoms with Crippen molar-refractivity contribution in [2.75, 3.05) is 26.4 Å². The third-order valence-electron chi connectivity index (χ3n) is 3.68. The minimum Gasteiger partial charge on any atom is -0.493 e. The van der Waals surface area contributed by atoms with Gasteiger partial charge in [0.1, 0.15) is 29.2 Å². The average molecular weight is 403 g/mol. The maximum absolute atomic E-state index is 10.8. The van der Waals surface area contributed by atoms with Crippen LogP contribution in [0.3, 0.4) is 0 Å². The normalized spacial score (nSPS) is 10.5. The summed E-state index contributed by atoms with van der Waals surface area (Å²) in [7, 11) is 0. The third kappa shape index (κ3) is 9.46. The minimum absolute atomic E-state index is 0.0603. The molecule has 0 fully saturated rings. The monoisotopic (exact) mass is 402 g/mol. The van der Waals surface area contributed by atoms with Crippen LogP contribution in [0, 0.1) is 6.92 Å². The molecule has 0 saturated carbocycles. The first-order valence-corrected chi connectivity index (χ1v) is 9.67. The van der Waals surface area contributed by atoms with Crippen LogP contribution in [0.1, 0.15) is 44.2 Å². The van der Waals surface area contributed by atoms with Crippen molar-refractivity contribution in [1.82, 2.24) is 0 Å². The number of hydrogen-bond donors (Lipinski definition) is 0. The molecule has 0 radical (unpaired) electrons. The molecule has 0 aromatic heterocycles. The highest BCUT2D eigenvalue weighted by Crippen LogP contribution is 2.30. The van der Waals surface area contributed by atoms with Crippen LogP contribution in [-0.2, 0) is 16.0 Å². The molecule has 1 aromatic carbocycles. The molecule has 0 aliphatic carbocycles. The SMILES string of the molecule is CCc1cc(OCC=C(Cl)Cl)cc(C)c1OCCCCCOCC(C)=O. The number of Topliss-reactive ketones (excluding diaryl/α,β-unsaturated/α-hetero) is 1. The van der Waals surface area contributed by atoms with Crippen molar-refractivity contribution >= 4 is 29.0 Å². The Hall–Kier alpha value is -1.23. The first kappa shape index (κ1) is 22.8. The summed E-state index contributed by atoms with van der Waals surface area (Å²) in [5.41, 5.74) is 2.16. The van der Waals surface area contributed by atoms with Gasteiger partial charge in [0.2, 0.25) is 0 Å². The molecule has 0 heterocycles. The van der Waals surface area contributed by atoms with E-state index in [9.17, 15) is 4.79 Å². The molecule has 0 unspecified atom stereocenters. The van der Waals surface area contributed by atoms with Gasteiger partial charge in [-0.05, 0) is 68.9 Å². The zero-order chi connectivity index (χ0) is 19.4. The number of carbonyl (C=O) groups is 1. The minimum atomic E-state index is 0.0603. The fraction of sp³-hybridized carbons (Fsp3) is 0.550. The molecule has 0 amide bonds. The van der Waals surface area contributed by atoms with E-state index in [-0.39, 0.29) is 16.9 Å². The molecule has 0 aliphatic rings. The van der Waals surface area contributed by atoms with Crippen molar-refractivity contribution in [3.8, 4) is 11.5 Å². The Morgan fingerprint density at radius 3 is 2.50 bits per heavy atom. The molecule has 1 rings (SSSR count). The Morgan fingerprint density at radius 2 is 1.85 bits per heavy atom. The van der Waals surface area contributed by atoms with Gasteiger partial charge in [0, 0.05) is 6.61 Å².